The third-order valence-corrected chi connectivity index (χ3v) is 3.39. The van der Waals surface area contributed by atoms with Gasteiger partial charge in [0.25, 0.3) is 0 Å². The van der Waals surface area contributed by atoms with E-state index >= 15 is 0 Å². The molecule has 98 valence electrons. The van der Waals surface area contributed by atoms with E-state index in [0.717, 1.165) is 16.7 Å². The van der Waals surface area contributed by atoms with Gasteiger partial charge >= 0.3 is 0 Å². The maximum atomic E-state index is 9.73. The lowest BCUT2D eigenvalue weighted by atomic mass is 10.1. The molecule has 0 aliphatic carbocycles. The van der Waals surface area contributed by atoms with Crippen LogP contribution in [0.25, 0.3) is 11.4 Å². The van der Waals surface area contributed by atoms with E-state index in [2.05, 4.69) is 10.1 Å². The molecule has 0 saturated heterocycles. The zero-order chi connectivity index (χ0) is 13.8. The standard InChI is InChI=1S/C13H13N3O2S/c1-8-5-10(6-9(2)12(8)17)13-15-11(18-16-13)7-19-4-3-14/h5-6,17H,4,7H2,1-2H3. The molecule has 0 saturated carbocycles. The summed E-state index contributed by atoms with van der Waals surface area (Å²) in [5.41, 5.74) is 2.37. The fourth-order valence-electron chi connectivity index (χ4n) is 1.70. The van der Waals surface area contributed by atoms with Gasteiger partial charge in [0, 0.05) is 5.56 Å². The average molecular weight is 275 g/mol. The number of thioether (sulfide) groups is 1. The Morgan fingerprint density at radius 2 is 2.05 bits per heavy atom. The van der Waals surface area contributed by atoms with E-state index in [0.29, 0.717) is 23.2 Å². The van der Waals surface area contributed by atoms with Crippen LogP contribution in [0.2, 0.25) is 0 Å². The van der Waals surface area contributed by atoms with Gasteiger partial charge < -0.3 is 9.63 Å². The predicted molar refractivity (Wildman–Crippen MR) is 72.6 cm³/mol. The number of nitriles is 1. The Kier molecular flexibility index (Phi) is 4.07. The van der Waals surface area contributed by atoms with Crippen molar-refractivity contribution >= 4 is 11.8 Å². The lowest BCUT2D eigenvalue weighted by molar-refractivity contribution is 0.391. The van der Waals surface area contributed by atoms with E-state index in [9.17, 15) is 5.11 Å². The summed E-state index contributed by atoms with van der Waals surface area (Å²) >= 11 is 1.43. The minimum atomic E-state index is 0.289. The Labute approximate surface area is 115 Å². The van der Waals surface area contributed by atoms with Crippen molar-refractivity contribution in [2.75, 3.05) is 5.75 Å². The molecule has 1 aromatic heterocycles. The Bertz CT molecular complexity index is 608. The van der Waals surface area contributed by atoms with Gasteiger partial charge in [0.15, 0.2) is 0 Å². The quantitative estimate of drug-likeness (QED) is 0.864. The van der Waals surface area contributed by atoms with Crippen molar-refractivity contribution in [2.45, 2.75) is 19.6 Å². The van der Waals surface area contributed by atoms with Gasteiger partial charge in [0.05, 0.1) is 17.6 Å². The van der Waals surface area contributed by atoms with Crippen molar-refractivity contribution in [1.82, 2.24) is 10.1 Å². The van der Waals surface area contributed by atoms with E-state index in [1.165, 1.54) is 11.8 Å². The van der Waals surface area contributed by atoms with E-state index in [1.54, 1.807) is 0 Å². The van der Waals surface area contributed by atoms with Gasteiger partial charge in [-0.15, -0.1) is 11.8 Å². The van der Waals surface area contributed by atoms with Crippen LogP contribution < -0.4 is 0 Å². The number of rotatable bonds is 4. The molecule has 0 atom stereocenters. The summed E-state index contributed by atoms with van der Waals surface area (Å²) in [6.45, 7) is 3.66. The molecule has 2 rings (SSSR count). The molecule has 0 spiro atoms. The van der Waals surface area contributed by atoms with Gasteiger partial charge in [-0.25, -0.2) is 0 Å². The number of hydrogen-bond acceptors (Lipinski definition) is 6. The Balaban J connectivity index is 2.21. The second-order valence-corrected chi connectivity index (χ2v) is 5.11. The number of phenolic OH excluding ortho intramolecular Hbond substituents is 1. The first-order chi connectivity index (χ1) is 9.11. The fourth-order valence-corrected chi connectivity index (χ4v) is 2.18. The molecule has 6 heteroatoms. The molecule has 0 aliphatic rings. The van der Waals surface area contributed by atoms with Gasteiger partial charge in [-0.3, -0.25) is 0 Å². The second kappa shape index (κ2) is 5.76. The zero-order valence-corrected chi connectivity index (χ0v) is 11.5. The van der Waals surface area contributed by atoms with E-state index < -0.39 is 0 Å². The number of aromatic hydroxyl groups is 1. The molecule has 19 heavy (non-hydrogen) atoms. The highest BCUT2D eigenvalue weighted by Gasteiger charge is 2.11. The number of aromatic nitrogens is 2. The normalized spacial score (nSPS) is 10.4. The van der Waals surface area contributed by atoms with Crippen molar-refractivity contribution in [3.63, 3.8) is 0 Å². The number of phenols is 1. The monoisotopic (exact) mass is 275 g/mol. The van der Waals surface area contributed by atoms with Crippen molar-refractivity contribution in [2.24, 2.45) is 0 Å². The van der Waals surface area contributed by atoms with Gasteiger partial charge in [0.1, 0.15) is 5.75 Å². The summed E-state index contributed by atoms with van der Waals surface area (Å²) in [5.74, 6) is 2.21. The fraction of sp³-hybridized carbons (Fsp3) is 0.308. The number of aryl methyl sites for hydroxylation is 2. The highest BCUT2D eigenvalue weighted by Crippen LogP contribution is 2.27. The highest BCUT2D eigenvalue weighted by molar-refractivity contribution is 7.98. The van der Waals surface area contributed by atoms with Crippen molar-refractivity contribution in [3.8, 4) is 23.2 Å². The lowest BCUT2D eigenvalue weighted by Crippen LogP contribution is -1.87. The smallest absolute Gasteiger partial charge is 0.236 e. The first kappa shape index (κ1) is 13.4. The van der Waals surface area contributed by atoms with E-state index in [-0.39, 0.29) is 5.75 Å². The Morgan fingerprint density at radius 3 is 2.68 bits per heavy atom. The van der Waals surface area contributed by atoms with E-state index in [1.807, 2.05) is 32.0 Å². The summed E-state index contributed by atoms with van der Waals surface area (Å²) < 4.78 is 5.12. The first-order valence-corrected chi connectivity index (χ1v) is 6.85. The van der Waals surface area contributed by atoms with Crippen LogP contribution >= 0.6 is 11.8 Å². The molecule has 0 aliphatic heterocycles. The molecular formula is C13H13N3O2S. The molecule has 0 radical (unpaired) electrons. The largest absolute Gasteiger partial charge is 0.507 e. The van der Waals surface area contributed by atoms with Crippen molar-refractivity contribution in [1.29, 1.82) is 5.26 Å². The first-order valence-electron chi connectivity index (χ1n) is 5.69. The van der Waals surface area contributed by atoms with Crippen LogP contribution in [0.5, 0.6) is 5.75 Å². The number of nitrogens with zero attached hydrogens (tertiary/aromatic N) is 3. The highest BCUT2D eigenvalue weighted by atomic mass is 32.2. The number of benzene rings is 1. The molecule has 1 aromatic carbocycles. The van der Waals surface area contributed by atoms with Crippen LogP contribution in [0.4, 0.5) is 0 Å². The summed E-state index contributed by atoms with van der Waals surface area (Å²) in [4.78, 5) is 4.27. The predicted octanol–water partition coefficient (Wildman–Crippen LogP) is 2.82. The molecule has 0 fully saturated rings. The molecular weight excluding hydrogens is 262 g/mol. The maximum Gasteiger partial charge on any atom is 0.236 e. The zero-order valence-electron chi connectivity index (χ0n) is 10.7. The van der Waals surface area contributed by atoms with Crippen LogP contribution in [-0.4, -0.2) is 21.0 Å². The Morgan fingerprint density at radius 1 is 1.37 bits per heavy atom. The van der Waals surface area contributed by atoms with E-state index in [4.69, 9.17) is 9.78 Å². The summed E-state index contributed by atoms with van der Waals surface area (Å²) in [6.07, 6.45) is 0. The SMILES string of the molecule is Cc1cc(-c2noc(CSCC#N)n2)cc(C)c1O. The number of hydrogen-bond donors (Lipinski definition) is 1. The minimum absolute atomic E-state index is 0.289. The molecule has 1 N–H and O–H groups in total. The molecule has 0 amide bonds. The second-order valence-electron chi connectivity index (χ2n) is 4.12. The summed E-state index contributed by atoms with van der Waals surface area (Å²) in [5, 5.41) is 22.1. The molecule has 5 nitrogen and oxygen atoms in total. The maximum absolute atomic E-state index is 9.73. The van der Waals surface area contributed by atoms with Crippen LogP contribution in [0, 0.1) is 25.2 Å². The van der Waals surface area contributed by atoms with Crippen molar-refractivity contribution < 1.29 is 9.63 Å². The molecule has 2 aromatic rings. The van der Waals surface area contributed by atoms with Gasteiger partial charge in [-0.05, 0) is 37.1 Å². The van der Waals surface area contributed by atoms with Crippen LogP contribution in [0.1, 0.15) is 17.0 Å². The average Bonchev–Trinajstić information content (AvgIpc) is 2.84. The third-order valence-electron chi connectivity index (χ3n) is 2.61. The summed E-state index contributed by atoms with van der Waals surface area (Å²) in [7, 11) is 0. The van der Waals surface area contributed by atoms with Crippen molar-refractivity contribution in [3.05, 3.63) is 29.2 Å². The van der Waals surface area contributed by atoms with Gasteiger partial charge in [0.2, 0.25) is 11.7 Å². The Hall–Kier alpha value is -2.00. The molecule has 1 heterocycles. The minimum Gasteiger partial charge on any atom is -0.507 e. The lowest BCUT2D eigenvalue weighted by Gasteiger charge is -2.04. The topological polar surface area (TPSA) is 82.9 Å². The van der Waals surface area contributed by atoms with Crippen LogP contribution in [0.15, 0.2) is 16.7 Å². The third kappa shape index (κ3) is 3.06. The molecule has 0 bridgehead atoms. The van der Waals surface area contributed by atoms with Crippen LogP contribution in [0.3, 0.4) is 0 Å². The van der Waals surface area contributed by atoms with Gasteiger partial charge in [-0.2, -0.15) is 10.2 Å². The van der Waals surface area contributed by atoms with Gasteiger partial charge in [-0.1, -0.05) is 5.16 Å². The van der Waals surface area contributed by atoms with Crippen LogP contribution in [-0.2, 0) is 5.75 Å². The summed E-state index contributed by atoms with van der Waals surface area (Å²) in [6, 6.07) is 5.68. The molecule has 0 unspecified atom stereocenters.